The molecule has 4 heteroatoms. The van der Waals surface area contributed by atoms with Crippen LogP contribution in [0.3, 0.4) is 0 Å². The lowest BCUT2D eigenvalue weighted by atomic mass is 9.82. The van der Waals surface area contributed by atoms with Gasteiger partial charge < -0.3 is 10.6 Å². The van der Waals surface area contributed by atoms with Crippen molar-refractivity contribution in [1.29, 1.82) is 0 Å². The minimum atomic E-state index is -0.112. The lowest BCUT2D eigenvalue weighted by Crippen LogP contribution is -2.24. The van der Waals surface area contributed by atoms with E-state index < -0.39 is 0 Å². The maximum atomic E-state index is 14.4. The Kier molecular flexibility index (Phi) is 10.8. The van der Waals surface area contributed by atoms with Gasteiger partial charge in [0, 0.05) is 22.5 Å². The number of carbonyl (C=O) groups excluding carboxylic acids is 2. The molecule has 0 aromatic heterocycles. The van der Waals surface area contributed by atoms with E-state index in [1.807, 2.05) is 24.3 Å². The summed E-state index contributed by atoms with van der Waals surface area (Å²) in [6.45, 7) is 13.2. The standard InChI is InChI=1S/C42H50N2O2/c1-7-15-29-23-27(11-5)24-30(16-8-2)39(29)43-35-21-22-36(38-37(35)41(45)33-19-13-14-20-34(33)42(38)46)44-40-31(17-9-3)25-28(12-6)26-32(40)18-10-4/h13-14,19-26,43-44H,7-12,15-18H2,1-6H3. The second kappa shape index (κ2) is 14.9. The summed E-state index contributed by atoms with van der Waals surface area (Å²) in [5, 5.41) is 7.48. The summed E-state index contributed by atoms with van der Waals surface area (Å²) in [4.78, 5) is 28.8. The molecule has 0 amide bonds. The zero-order chi connectivity index (χ0) is 32.8. The highest BCUT2D eigenvalue weighted by Gasteiger charge is 2.34. The van der Waals surface area contributed by atoms with Gasteiger partial charge in [-0.1, -0.05) is 116 Å². The first-order valence-electron chi connectivity index (χ1n) is 17.6. The highest BCUT2D eigenvalue weighted by atomic mass is 16.1. The van der Waals surface area contributed by atoms with Crippen molar-refractivity contribution in [3.8, 4) is 0 Å². The molecule has 0 saturated carbocycles. The molecule has 0 spiro atoms. The molecule has 0 bridgehead atoms. The summed E-state index contributed by atoms with van der Waals surface area (Å²) in [5.74, 6) is -0.223. The average molecular weight is 615 g/mol. The average Bonchev–Trinajstić information content (AvgIpc) is 3.06. The van der Waals surface area contributed by atoms with Crippen molar-refractivity contribution in [3.63, 3.8) is 0 Å². The molecule has 46 heavy (non-hydrogen) atoms. The largest absolute Gasteiger partial charge is 0.354 e. The third-order valence-corrected chi connectivity index (χ3v) is 9.21. The van der Waals surface area contributed by atoms with E-state index in [0.29, 0.717) is 33.6 Å². The molecule has 0 atom stereocenters. The van der Waals surface area contributed by atoms with Gasteiger partial charge in [0.25, 0.3) is 0 Å². The number of benzene rings is 4. The fourth-order valence-electron chi connectivity index (χ4n) is 6.98. The zero-order valence-corrected chi connectivity index (χ0v) is 28.7. The number of hydrogen-bond donors (Lipinski definition) is 2. The van der Waals surface area contributed by atoms with E-state index in [4.69, 9.17) is 0 Å². The van der Waals surface area contributed by atoms with Crippen LogP contribution < -0.4 is 10.6 Å². The van der Waals surface area contributed by atoms with Gasteiger partial charge in [-0.2, -0.15) is 0 Å². The van der Waals surface area contributed by atoms with Crippen molar-refractivity contribution in [2.45, 2.75) is 106 Å². The summed E-state index contributed by atoms with van der Waals surface area (Å²) < 4.78 is 0. The van der Waals surface area contributed by atoms with E-state index in [1.165, 1.54) is 33.4 Å². The Labute approximate surface area is 276 Å². The number of aryl methyl sites for hydroxylation is 6. The van der Waals surface area contributed by atoms with Gasteiger partial charge in [-0.15, -0.1) is 0 Å². The first kappa shape index (κ1) is 33.2. The number of nitrogens with one attached hydrogen (secondary N) is 2. The summed E-state index contributed by atoms with van der Waals surface area (Å²) in [5.41, 5.74) is 13.1. The van der Waals surface area contributed by atoms with Gasteiger partial charge in [-0.3, -0.25) is 9.59 Å². The van der Waals surface area contributed by atoms with Crippen molar-refractivity contribution in [3.05, 3.63) is 116 Å². The second-order valence-corrected chi connectivity index (χ2v) is 12.6. The highest BCUT2D eigenvalue weighted by molar-refractivity contribution is 6.32. The third kappa shape index (κ3) is 6.54. The molecule has 4 nitrogen and oxygen atoms in total. The van der Waals surface area contributed by atoms with Crippen LogP contribution in [0.2, 0.25) is 0 Å². The van der Waals surface area contributed by atoms with Gasteiger partial charge in [0.2, 0.25) is 0 Å². The molecule has 0 unspecified atom stereocenters. The van der Waals surface area contributed by atoms with Gasteiger partial charge in [0.15, 0.2) is 11.6 Å². The normalized spacial score (nSPS) is 12.2. The topological polar surface area (TPSA) is 58.2 Å². The maximum absolute atomic E-state index is 14.4. The molecule has 1 aliphatic carbocycles. The maximum Gasteiger partial charge on any atom is 0.196 e. The highest BCUT2D eigenvalue weighted by Crippen LogP contribution is 2.41. The summed E-state index contributed by atoms with van der Waals surface area (Å²) in [7, 11) is 0. The lowest BCUT2D eigenvalue weighted by molar-refractivity contribution is 0.0980. The van der Waals surface area contributed by atoms with Crippen LogP contribution in [0.1, 0.15) is 132 Å². The molecule has 0 aliphatic heterocycles. The van der Waals surface area contributed by atoms with Crippen molar-refractivity contribution < 1.29 is 9.59 Å². The Morgan fingerprint density at radius 1 is 0.478 bits per heavy atom. The zero-order valence-electron chi connectivity index (χ0n) is 28.7. The number of hydrogen-bond acceptors (Lipinski definition) is 4. The van der Waals surface area contributed by atoms with Crippen molar-refractivity contribution >= 4 is 34.3 Å². The van der Waals surface area contributed by atoms with Crippen LogP contribution in [0.25, 0.3) is 0 Å². The third-order valence-electron chi connectivity index (χ3n) is 9.21. The van der Waals surface area contributed by atoms with Crippen LogP contribution in [0.15, 0.2) is 60.7 Å². The smallest absolute Gasteiger partial charge is 0.196 e. The first-order chi connectivity index (χ1) is 22.4. The number of ketones is 2. The van der Waals surface area contributed by atoms with Crippen LogP contribution in [0, 0.1) is 0 Å². The molecule has 0 heterocycles. The number of carbonyl (C=O) groups is 2. The first-order valence-corrected chi connectivity index (χ1v) is 17.6. The molecule has 2 N–H and O–H groups in total. The van der Waals surface area contributed by atoms with Gasteiger partial charge >= 0.3 is 0 Å². The van der Waals surface area contributed by atoms with Crippen LogP contribution in [0.4, 0.5) is 22.7 Å². The summed E-state index contributed by atoms with van der Waals surface area (Å²) in [6.07, 6.45) is 9.83. The van der Waals surface area contributed by atoms with Gasteiger partial charge in [-0.05, 0) is 84.0 Å². The molecule has 5 rings (SSSR count). The summed E-state index contributed by atoms with van der Waals surface area (Å²) >= 11 is 0. The van der Waals surface area contributed by atoms with Crippen molar-refractivity contribution in [2.24, 2.45) is 0 Å². The fraction of sp³-hybridized carbons (Fsp3) is 0.381. The van der Waals surface area contributed by atoms with Crippen LogP contribution in [-0.4, -0.2) is 11.6 Å². The summed E-state index contributed by atoms with van der Waals surface area (Å²) in [6, 6.07) is 20.5. The predicted octanol–water partition coefficient (Wildman–Crippen LogP) is 10.9. The molecule has 0 saturated heterocycles. The van der Waals surface area contributed by atoms with Crippen molar-refractivity contribution in [2.75, 3.05) is 10.6 Å². The predicted molar refractivity (Wildman–Crippen MR) is 194 cm³/mol. The Bertz CT molecular complexity index is 1570. The van der Waals surface area contributed by atoms with E-state index in [9.17, 15) is 9.59 Å². The van der Waals surface area contributed by atoms with Crippen LogP contribution in [-0.2, 0) is 38.5 Å². The van der Waals surface area contributed by atoms with Crippen molar-refractivity contribution in [1.82, 2.24) is 0 Å². The number of anilines is 4. The molecule has 240 valence electrons. The molecule has 1 aliphatic rings. The minimum Gasteiger partial charge on any atom is -0.354 e. The molecular formula is C42H50N2O2. The van der Waals surface area contributed by atoms with Gasteiger partial charge in [0.05, 0.1) is 22.5 Å². The molecule has 4 aromatic carbocycles. The Morgan fingerprint density at radius 2 is 0.804 bits per heavy atom. The molecule has 4 aromatic rings. The van der Waals surface area contributed by atoms with Gasteiger partial charge in [-0.25, -0.2) is 0 Å². The van der Waals surface area contributed by atoms with E-state index in [2.05, 4.69) is 76.4 Å². The van der Waals surface area contributed by atoms with Crippen LogP contribution >= 0.6 is 0 Å². The van der Waals surface area contributed by atoms with E-state index in [1.54, 1.807) is 12.1 Å². The molecular weight excluding hydrogens is 564 g/mol. The number of rotatable bonds is 14. The fourth-order valence-corrected chi connectivity index (χ4v) is 6.98. The van der Waals surface area contributed by atoms with Crippen LogP contribution in [0.5, 0.6) is 0 Å². The SMILES string of the molecule is CCCc1cc(CC)cc(CCC)c1Nc1ccc(Nc2c(CCC)cc(CC)cc2CCC)c2c1C(=O)c1ccccc1C2=O. The monoisotopic (exact) mass is 614 g/mol. The molecule has 0 fully saturated rings. The van der Waals surface area contributed by atoms with E-state index >= 15 is 0 Å². The Balaban J connectivity index is 1.72. The van der Waals surface area contributed by atoms with Gasteiger partial charge in [0.1, 0.15) is 0 Å². The van der Waals surface area contributed by atoms with E-state index in [-0.39, 0.29) is 11.6 Å². The van der Waals surface area contributed by atoms with E-state index in [0.717, 1.165) is 75.6 Å². The minimum absolute atomic E-state index is 0.112. The Hall–Kier alpha value is -4.18. The quantitative estimate of drug-likeness (QED) is 0.131. The lowest BCUT2D eigenvalue weighted by Gasteiger charge is -2.26. The number of fused-ring (bicyclic) bond motifs is 2. The second-order valence-electron chi connectivity index (χ2n) is 12.6. The Morgan fingerprint density at radius 3 is 1.09 bits per heavy atom. The molecule has 0 radical (unpaired) electrons.